The number of aryl methyl sites for hydroxylation is 1. The number of fused-ring (bicyclic) bond motifs is 1. The summed E-state index contributed by atoms with van der Waals surface area (Å²) < 4.78 is 3.41. The molecule has 1 amide bonds. The van der Waals surface area contributed by atoms with Crippen LogP contribution in [-0.2, 0) is 19.5 Å². The van der Waals surface area contributed by atoms with E-state index in [2.05, 4.69) is 15.4 Å². The minimum atomic E-state index is -0.153. The molecule has 3 aromatic heterocycles. The lowest BCUT2D eigenvalue weighted by Crippen LogP contribution is -2.26. The Morgan fingerprint density at radius 1 is 1.06 bits per heavy atom. The first-order valence-corrected chi connectivity index (χ1v) is 10.9. The Morgan fingerprint density at radius 3 is 2.64 bits per heavy atom. The first-order valence-electron chi connectivity index (χ1n) is 10.9. The molecule has 0 saturated carbocycles. The minimum Gasteiger partial charge on any atom is -0.384 e. The maximum absolute atomic E-state index is 12.8. The normalized spacial score (nSPS) is 14.7. The van der Waals surface area contributed by atoms with Gasteiger partial charge < -0.3 is 15.6 Å². The maximum atomic E-state index is 12.8. The van der Waals surface area contributed by atoms with E-state index in [1.54, 1.807) is 46.0 Å². The zero-order valence-corrected chi connectivity index (χ0v) is 18.0. The third-order valence-electron chi connectivity index (χ3n) is 5.90. The van der Waals surface area contributed by atoms with Crippen LogP contribution < -0.4 is 16.6 Å². The van der Waals surface area contributed by atoms with Crippen molar-refractivity contribution in [2.24, 2.45) is 0 Å². The summed E-state index contributed by atoms with van der Waals surface area (Å²) in [6.07, 6.45) is 6.74. The van der Waals surface area contributed by atoms with Gasteiger partial charge in [-0.3, -0.25) is 14.3 Å². The minimum absolute atomic E-state index is 0.0228. The maximum Gasteiger partial charge on any atom is 0.254 e. The lowest BCUT2D eigenvalue weighted by molar-refractivity contribution is 0.0936. The lowest BCUT2D eigenvalue weighted by Gasteiger charge is -2.13. The second-order valence-electron chi connectivity index (χ2n) is 8.25. The predicted molar refractivity (Wildman–Crippen MR) is 125 cm³/mol. The van der Waals surface area contributed by atoms with Crippen molar-refractivity contribution in [3.63, 3.8) is 0 Å². The largest absolute Gasteiger partial charge is 0.384 e. The molecule has 0 saturated heterocycles. The summed E-state index contributed by atoms with van der Waals surface area (Å²) in [6, 6.07) is 16.8. The SMILES string of the molecule is Nc1ccc2c(n1)CCC2NC(=O)c1cnn(Cc2ccc(Cn3ccccc3=O)cc2)c1. The number of rotatable bonds is 6. The van der Waals surface area contributed by atoms with E-state index >= 15 is 0 Å². The third-order valence-corrected chi connectivity index (χ3v) is 5.90. The highest BCUT2D eigenvalue weighted by atomic mass is 16.1. The first kappa shape index (κ1) is 20.7. The number of carbonyl (C=O) groups excluding carboxylic acids is 1. The standard InChI is InChI=1S/C25H24N6O2/c26-23-11-8-20-21(28-23)9-10-22(20)29-25(33)19-13-27-31(16-19)15-18-6-4-17(5-7-18)14-30-12-2-1-3-24(30)32/h1-8,11-13,16,22H,9-10,14-15H2,(H2,26,28)(H,29,33). The molecular formula is C25H24N6O2. The molecule has 5 rings (SSSR count). The van der Waals surface area contributed by atoms with Crippen molar-refractivity contribution in [3.8, 4) is 0 Å². The molecule has 3 heterocycles. The summed E-state index contributed by atoms with van der Waals surface area (Å²) in [5.41, 5.74) is 10.3. The quantitative estimate of drug-likeness (QED) is 0.479. The number of amides is 1. The number of hydrogen-bond acceptors (Lipinski definition) is 5. The number of carbonyl (C=O) groups is 1. The number of nitrogen functional groups attached to an aromatic ring is 1. The summed E-state index contributed by atoms with van der Waals surface area (Å²) in [5.74, 6) is 0.351. The number of aromatic nitrogens is 4. The summed E-state index contributed by atoms with van der Waals surface area (Å²) in [7, 11) is 0. The van der Waals surface area contributed by atoms with E-state index < -0.39 is 0 Å². The first-order chi connectivity index (χ1) is 16.0. The average molecular weight is 441 g/mol. The van der Waals surface area contributed by atoms with E-state index in [1.165, 1.54) is 0 Å². The van der Waals surface area contributed by atoms with E-state index in [-0.39, 0.29) is 17.5 Å². The van der Waals surface area contributed by atoms with Gasteiger partial charge in [-0.2, -0.15) is 5.10 Å². The lowest BCUT2D eigenvalue weighted by atomic mass is 10.1. The van der Waals surface area contributed by atoms with Crippen LogP contribution in [0.2, 0.25) is 0 Å². The van der Waals surface area contributed by atoms with E-state index in [1.807, 2.05) is 36.4 Å². The molecule has 1 aromatic carbocycles. The number of nitrogens with one attached hydrogen (secondary N) is 1. The molecule has 0 spiro atoms. The Hall–Kier alpha value is -4.20. The highest BCUT2D eigenvalue weighted by Gasteiger charge is 2.26. The summed E-state index contributed by atoms with van der Waals surface area (Å²) in [5, 5.41) is 7.43. The highest BCUT2D eigenvalue weighted by molar-refractivity contribution is 5.94. The zero-order valence-electron chi connectivity index (χ0n) is 18.0. The third kappa shape index (κ3) is 4.55. The molecule has 0 bridgehead atoms. The second kappa shape index (κ2) is 8.74. The second-order valence-corrected chi connectivity index (χ2v) is 8.25. The number of anilines is 1. The molecule has 0 aliphatic heterocycles. The molecule has 1 aliphatic rings. The molecular weight excluding hydrogens is 416 g/mol. The topological polar surface area (TPSA) is 108 Å². The van der Waals surface area contributed by atoms with Crippen molar-refractivity contribution in [2.75, 3.05) is 5.73 Å². The van der Waals surface area contributed by atoms with Gasteiger partial charge in [0, 0.05) is 24.2 Å². The molecule has 1 unspecified atom stereocenters. The average Bonchev–Trinajstić information content (AvgIpc) is 3.44. The van der Waals surface area contributed by atoms with Gasteiger partial charge in [0.15, 0.2) is 0 Å². The Morgan fingerprint density at radius 2 is 1.85 bits per heavy atom. The van der Waals surface area contributed by atoms with Gasteiger partial charge in [-0.15, -0.1) is 0 Å². The van der Waals surface area contributed by atoms with Crippen molar-refractivity contribution in [3.05, 3.63) is 111 Å². The fourth-order valence-corrected chi connectivity index (χ4v) is 4.17. The van der Waals surface area contributed by atoms with E-state index in [0.29, 0.717) is 24.5 Å². The van der Waals surface area contributed by atoms with Crippen molar-refractivity contribution in [2.45, 2.75) is 32.0 Å². The van der Waals surface area contributed by atoms with Crippen LogP contribution in [0.25, 0.3) is 0 Å². The molecule has 0 radical (unpaired) electrons. The number of pyridine rings is 2. The fourth-order valence-electron chi connectivity index (χ4n) is 4.17. The van der Waals surface area contributed by atoms with Crippen molar-refractivity contribution in [1.29, 1.82) is 0 Å². The van der Waals surface area contributed by atoms with Gasteiger partial charge in [0.2, 0.25) is 0 Å². The molecule has 3 N–H and O–H groups in total. The number of hydrogen-bond donors (Lipinski definition) is 2. The number of nitrogens with zero attached hydrogens (tertiary/aromatic N) is 4. The molecule has 166 valence electrons. The van der Waals surface area contributed by atoms with Crippen LogP contribution in [0.3, 0.4) is 0 Å². The smallest absolute Gasteiger partial charge is 0.254 e. The van der Waals surface area contributed by atoms with Crippen LogP contribution in [0.1, 0.15) is 45.2 Å². The van der Waals surface area contributed by atoms with Crippen LogP contribution in [-0.4, -0.2) is 25.2 Å². The zero-order chi connectivity index (χ0) is 22.8. The van der Waals surface area contributed by atoms with Gasteiger partial charge in [-0.1, -0.05) is 36.4 Å². The molecule has 8 nitrogen and oxygen atoms in total. The molecule has 1 aliphatic carbocycles. The van der Waals surface area contributed by atoms with Crippen LogP contribution in [0.15, 0.2) is 78.0 Å². The van der Waals surface area contributed by atoms with Gasteiger partial charge in [0.05, 0.1) is 30.9 Å². The van der Waals surface area contributed by atoms with Crippen LogP contribution >= 0.6 is 0 Å². The molecule has 33 heavy (non-hydrogen) atoms. The molecule has 8 heteroatoms. The Balaban J connectivity index is 1.21. The fraction of sp³-hybridized carbons (Fsp3) is 0.200. The van der Waals surface area contributed by atoms with E-state index in [9.17, 15) is 9.59 Å². The van der Waals surface area contributed by atoms with Crippen LogP contribution in [0, 0.1) is 0 Å². The van der Waals surface area contributed by atoms with Gasteiger partial charge in [0.25, 0.3) is 11.5 Å². The summed E-state index contributed by atoms with van der Waals surface area (Å²) in [4.78, 5) is 29.0. The van der Waals surface area contributed by atoms with E-state index in [4.69, 9.17) is 5.73 Å². The monoisotopic (exact) mass is 440 g/mol. The summed E-state index contributed by atoms with van der Waals surface area (Å²) in [6.45, 7) is 1.08. The highest BCUT2D eigenvalue weighted by Crippen LogP contribution is 2.30. The van der Waals surface area contributed by atoms with Crippen molar-refractivity contribution >= 4 is 11.7 Å². The van der Waals surface area contributed by atoms with E-state index in [0.717, 1.165) is 35.2 Å². The van der Waals surface area contributed by atoms with Crippen LogP contribution in [0.5, 0.6) is 0 Å². The number of nitrogens with two attached hydrogens (primary N) is 1. The van der Waals surface area contributed by atoms with Gasteiger partial charge in [-0.25, -0.2) is 4.98 Å². The van der Waals surface area contributed by atoms with Crippen molar-refractivity contribution < 1.29 is 4.79 Å². The molecule has 4 aromatic rings. The Bertz CT molecular complexity index is 1360. The van der Waals surface area contributed by atoms with Gasteiger partial charge in [-0.05, 0) is 41.7 Å². The van der Waals surface area contributed by atoms with Crippen LogP contribution in [0.4, 0.5) is 5.82 Å². The molecule has 1 atom stereocenters. The Labute approximate surface area is 190 Å². The van der Waals surface area contributed by atoms with Crippen molar-refractivity contribution in [1.82, 2.24) is 24.6 Å². The summed E-state index contributed by atoms with van der Waals surface area (Å²) >= 11 is 0. The van der Waals surface area contributed by atoms with Gasteiger partial charge >= 0.3 is 0 Å². The molecule has 0 fully saturated rings. The number of benzene rings is 1. The van der Waals surface area contributed by atoms with Gasteiger partial charge in [0.1, 0.15) is 5.82 Å². The Kier molecular flexibility index (Phi) is 5.48. The predicted octanol–water partition coefficient (Wildman–Crippen LogP) is 2.54.